The minimum absolute atomic E-state index is 0.189. The van der Waals surface area contributed by atoms with Crippen LogP contribution in [0.1, 0.15) is 52.5 Å². The van der Waals surface area contributed by atoms with Gasteiger partial charge in [-0.2, -0.15) is 0 Å². The second-order valence-corrected chi connectivity index (χ2v) is 7.14. The van der Waals surface area contributed by atoms with Gasteiger partial charge in [0.2, 0.25) is 0 Å². The highest BCUT2D eigenvalue weighted by Crippen LogP contribution is 2.41. The summed E-state index contributed by atoms with van der Waals surface area (Å²) in [5, 5.41) is 10.8. The zero-order valence-corrected chi connectivity index (χ0v) is 14.4. The summed E-state index contributed by atoms with van der Waals surface area (Å²) >= 11 is 0. The third-order valence-electron chi connectivity index (χ3n) is 4.79. The predicted octanol–water partition coefficient (Wildman–Crippen LogP) is 4.99. The van der Waals surface area contributed by atoms with Gasteiger partial charge in [-0.1, -0.05) is 37.6 Å². The van der Waals surface area contributed by atoms with E-state index in [-0.39, 0.29) is 5.41 Å². The second kappa shape index (κ2) is 6.29. The monoisotopic (exact) mass is 300 g/mol. The van der Waals surface area contributed by atoms with Crippen LogP contribution >= 0.6 is 0 Å². The Bertz CT molecular complexity index is 574. The molecule has 0 saturated heterocycles. The molecule has 1 atom stereocenters. The highest BCUT2D eigenvalue weighted by Gasteiger charge is 2.28. The lowest BCUT2D eigenvalue weighted by molar-refractivity contribution is 0.111. The van der Waals surface area contributed by atoms with Gasteiger partial charge in [-0.3, -0.25) is 0 Å². The van der Waals surface area contributed by atoms with Crippen LogP contribution in [0, 0.1) is 5.41 Å². The molecule has 0 heterocycles. The third kappa shape index (κ3) is 3.61. The molecule has 0 fully saturated rings. The number of hydrogen-bond donors (Lipinski definition) is 1. The Morgan fingerprint density at radius 3 is 2.41 bits per heavy atom. The summed E-state index contributed by atoms with van der Waals surface area (Å²) in [5.74, 6) is 0.801. The molecule has 0 amide bonds. The van der Waals surface area contributed by atoms with Gasteiger partial charge in [-0.15, -0.1) is 0 Å². The van der Waals surface area contributed by atoms with E-state index in [2.05, 4.69) is 26.8 Å². The minimum Gasteiger partial charge on any atom is -0.497 e. The molecule has 2 rings (SSSR count). The van der Waals surface area contributed by atoms with Crippen molar-refractivity contribution in [2.75, 3.05) is 7.11 Å². The zero-order valence-electron chi connectivity index (χ0n) is 14.4. The highest BCUT2D eigenvalue weighted by atomic mass is 16.5. The summed E-state index contributed by atoms with van der Waals surface area (Å²) < 4.78 is 5.17. The molecule has 0 radical (unpaired) electrons. The van der Waals surface area contributed by atoms with E-state index >= 15 is 0 Å². The Morgan fingerprint density at radius 2 is 1.86 bits per heavy atom. The number of benzene rings is 1. The summed E-state index contributed by atoms with van der Waals surface area (Å²) in [5.41, 5.74) is 2.89. The molecular formula is C20H28O2. The minimum atomic E-state index is -0.979. The Hall–Kier alpha value is -1.54. The first kappa shape index (κ1) is 16.8. The fourth-order valence-corrected chi connectivity index (χ4v) is 3.28. The molecule has 0 aliphatic heterocycles. The van der Waals surface area contributed by atoms with Crippen molar-refractivity contribution in [2.45, 2.75) is 52.6 Å². The number of methoxy groups -OCH3 is 1. The van der Waals surface area contributed by atoms with Crippen LogP contribution in [0.5, 0.6) is 5.75 Å². The second-order valence-electron chi connectivity index (χ2n) is 7.14. The van der Waals surface area contributed by atoms with Gasteiger partial charge in [0, 0.05) is 0 Å². The summed E-state index contributed by atoms with van der Waals surface area (Å²) in [6.07, 6.45) is 7.66. The Labute approximate surface area is 134 Å². The molecule has 1 aliphatic rings. The first-order valence-electron chi connectivity index (χ1n) is 8.03. The van der Waals surface area contributed by atoms with Gasteiger partial charge < -0.3 is 9.84 Å². The van der Waals surface area contributed by atoms with Crippen LogP contribution in [-0.4, -0.2) is 12.2 Å². The molecule has 1 N–H and O–H groups in total. The lowest BCUT2D eigenvalue weighted by Crippen LogP contribution is -2.21. The number of ether oxygens (including phenoxy) is 1. The van der Waals surface area contributed by atoms with Gasteiger partial charge in [-0.05, 0) is 67.9 Å². The van der Waals surface area contributed by atoms with Crippen LogP contribution in [0.4, 0.5) is 0 Å². The average molecular weight is 300 g/mol. The fourth-order valence-electron chi connectivity index (χ4n) is 3.28. The summed E-state index contributed by atoms with van der Waals surface area (Å²) in [4.78, 5) is 0. The SMILES string of the molecule is COc1ccc(C(C)(O)/C=C/C2=C(C)CCCC2(C)C)cc1. The van der Waals surface area contributed by atoms with Crippen molar-refractivity contribution in [1.82, 2.24) is 0 Å². The van der Waals surface area contributed by atoms with Crippen molar-refractivity contribution in [2.24, 2.45) is 5.41 Å². The standard InChI is InChI=1S/C20H28O2/c1-15-7-6-13-19(2,3)18(15)12-14-20(4,21)16-8-10-17(22-5)11-9-16/h8-12,14,21H,6-7,13H2,1-5H3/b14-12+. The zero-order chi connectivity index (χ0) is 16.4. The summed E-state index contributed by atoms with van der Waals surface area (Å²) in [7, 11) is 1.65. The average Bonchev–Trinajstić information content (AvgIpc) is 2.46. The van der Waals surface area contributed by atoms with Crippen molar-refractivity contribution < 1.29 is 9.84 Å². The molecule has 0 saturated carbocycles. The molecule has 120 valence electrons. The third-order valence-corrected chi connectivity index (χ3v) is 4.79. The fraction of sp³-hybridized carbons (Fsp3) is 0.500. The first-order chi connectivity index (χ1) is 10.3. The normalized spacial score (nSPS) is 21.0. The van der Waals surface area contributed by atoms with Gasteiger partial charge in [0.15, 0.2) is 0 Å². The van der Waals surface area contributed by atoms with E-state index in [1.54, 1.807) is 7.11 Å². The molecular weight excluding hydrogens is 272 g/mol. The molecule has 0 spiro atoms. The van der Waals surface area contributed by atoms with Gasteiger partial charge in [-0.25, -0.2) is 0 Å². The van der Waals surface area contributed by atoms with E-state index in [1.807, 2.05) is 37.3 Å². The Balaban J connectivity index is 2.26. The van der Waals surface area contributed by atoms with E-state index in [4.69, 9.17) is 4.74 Å². The number of aliphatic hydroxyl groups is 1. The van der Waals surface area contributed by atoms with Crippen molar-refractivity contribution in [3.63, 3.8) is 0 Å². The van der Waals surface area contributed by atoms with E-state index < -0.39 is 5.60 Å². The summed E-state index contributed by atoms with van der Waals surface area (Å²) in [6, 6.07) is 7.59. The maximum absolute atomic E-state index is 10.8. The maximum atomic E-state index is 10.8. The van der Waals surface area contributed by atoms with Crippen molar-refractivity contribution >= 4 is 0 Å². The molecule has 1 aliphatic carbocycles. The molecule has 1 aromatic carbocycles. The van der Waals surface area contributed by atoms with Crippen LogP contribution in [0.3, 0.4) is 0 Å². The van der Waals surface area contributed by atoms with Crippen molar-refractivity contribution in [1.29, 1.82) is 0 Å². The maximum Gasteiger partial charge on any atom is 0.118 e. The molecule has 2 heteroatoms. The van der Waals surface area contributed by atoms with Gasteiger partial charge in [0.05, 0.1) is 7.11 Å². The largest absolute Gasteiger partial charge is 0.497 e. The van der Waals surface area contributed by atoms with E-state index in [0.717, 1.165) is 17.7 Å². The molecule has 0 aromatic heterocycles. The van der Waals surface area contributed by atoms with Crippen molar-refractivity contribution in [3.05, 3.63) is 53.1 Å². The van der Waals surface area contributed by atoms with Crippen LogP contribution in [0.2, 0.25) is 0 Å². The number of hydrogen-bond acceptors (Lipinski definition) is 2. The molecule has 1 unspecified atom stereocenters. The quantitative estimate of drug-likeness (QED) is 0.849. The summed E-state index contributed by atoms with van der Waals surface area (Å²) in [6.45, 7) is 8.62. The predicted molar refractivity (Wildman–Crippen MR) is 92.0 cm³/mol. The molecule has 0 bridgehead atoms. The topological polar surface area (TPSA) is 29.5 Å². The van der Waals surface area contributed by atoms with Crippen LogP contribution < -0.4 is 4.74 Å². The number of rotatable bonds is 4. The molecule has 1 aromatic rings. The smallest absolute Gasteiger partial charge is 0.118 e. The Kier molecular flexibility index (Phi) is 4.81. The first-order valence-corrected chi connectivity index (χ1v) is 8.03. The van der Waals surface area contributed by atoms with E-state index in [9.17, 15) is 5.11 Å². The van der Waals surface area contributed by atoms with Gasteiger partial charge in [0.25, 0.3) is 0 Å². The molecule has 22 heavy (non-hydrogen) atoms. The van der Waals surface area contributed by atoms with E-state index in [1.165, 1.54) is 24.0 Å². The van der Waals surface area contributed by atoms with Crippen molar-refractivity contribution in [3.8, 4) is 5.75 Å². The van der Waals surface area contributed by atoms with Gasteiger partial charge >= 0.3 is 0 Å². The van der Waals surface area contributed by atoms with E-state index in [0.29, 0.717) is 0 Å². The number of allylic oxidation sites excluding steroid dienone is 3. The lowest BCUT2D eigenvalue weighted by Gasteiger charge is -2.33. The Morgan fingerprint density at radius 1 is 1.23 bits per heavy atom. The van der Waals surface area contributed by atoms with Crippen LogP contribution in [0.15, 0.2) is 47.6 Å². The molecule has 2 nitrogen and oxygen atoms in total. The van der Waals surface area contributed by atoms with Crippen LogP contribution in [0.25, 0.3) is 0 Å². The highest BCUT2D eigenvalue weighted by molar-refractivity contribution is 5.37. The van der Waals surface area contributed by atoms with Gasteiger partial charge in [0.1, 0.15) is 11.4 Å². The van der Waals surface area contributed by atoms with Crippen LogP contribution in [-0.2, 0) is 5.60 Å². The lowest BCUT2D eigenvalue weighted by atomic mass is 9.72.